The molecule has 0 bridgehead atoms. The fraction of sp³-hybridized carbons (Fsp3) is 0. The zero-order valence-electron chi connectivity index (χ0n) is 6.83. The van der Waals surface area contributed by atoms with Gasteiger partial charge in [-0.1, -0.05) is 12.1 Å². The SMILES string of the molecule is [CH2]c1cnc(-c2ccccc2F)s1. The van der Waals surface area contributed by atoms with Gasteiger partial charge in [0, 0.05) is 16.6 Å². The predicted molar refractivity (Wildman–Crippen MR) is 52.0 cm³/mol. The number of halogens is 1. The maximum atomic E-state index is 13.2. The highest BCUT2D eigenvalue weighted by Gasteiger charge is 2.06. The van der Waals surface area contributed by atoms with E-state index in [-0.39, 0.29) is 5.82 Å². The molecule has 0 fully saturated rings. The van der Waals surface area contributed by atoms with E-state index in [1.54, 1.807) is 24.4 Å². The van der Waals surface area contributed by atoms with E-state index in [0.29, 0.717) is 10.6 Å². The molecule has 2 rings (SSSR count). The molecule has 0 unspecified atom stereocenters. The molecule has 0 saturated carbocycles. The molecule has 1 radical (unpaired) electrons. The van der Waals surface area contributed by atoms with Crippen molar-refractivity contribution in [1.29, 1.82) is 0 Å². The van der Waals surface area contributed by atoms with Crippen LogP contribution in [0, 0.1) is 12.7 Å². The van der Waals surface area contributed by atoms with Crippen molar-refractivity contribution in [2.24, 2.45) is 0 Å². The molecule has 0 aliphatic rings. The number of aromatic nitrogens is 1. The number of rotatable bonds is 1. The Kier molecular flexibility index (Phi) is 2.10. The van der Waals surface area contributed by atoms with Gasteiger partial charge >= 0.3 is 0 Å². The fourth-order valence-electron chi connectivity index (χ4n) is 1.07. The average Bonchev–Trinajstić information content (AvgIpc) is 2.53. The van der Waals surface area contributed by atoms with Crippen LogP contribution in [0.4, 0.5) is 4.39 Å². The number of nitrogens with zero attached hydrogens (tertiary/aromatic N) is 1. The predicted octanol–water partition coefficient (Wildman–Crippen LogP) is 3.13. The summed E-state index contributed by atoms with van der Waals surface area (Å²) in [5.74, 6) is -0.239. The van der Waals surface area contributed by atoms with Crippen molar-refractivity contribution in [3.63, 3.8) is 0 Å². The molecule has 0 N–H and O–H groups in total. The lowest BCUT2D eigenvalue weighted by molar-refractivity contribution is 0.631. The Morgan fingerprint density at radius 2 is 2.08 bits per heavy atom. The van der Waals surface area contributed by atoms with Gasteiger partial charge in [0.25, 0.3) is 0 Å². The maximum Gasteiger partial charge on any atom is 0.133 e. The van der Waals surface area contributed by atoms with Gasteiger partial charge in [-0.2, -0.15) is 0 Å². The van der Waals surface area contributed by atoms with Crippen LogP contribution >= 0.6 is 11.3 Å². The Labute approximate surface area is 79.9 Å². The Balaban J connectivity index is 2.52. The molecule has 13 heavy (non-hydrogen) atoms. The first-order chi connectivity index (χ1) is 6.27. The number of hydrogen-bond donors (Lipinski definition) is 0. The molecule has 0 spiro atoms. The summed E-state index contributed by atoms with van der Waals surface area (Å²) >= 11 is 1.39. The summed E-state index contributed by atoms with van der Waals surface area (Å²) < 4.78 is 13.2. The summed E-state index contributed by atoms with van der Waals surface area (Å²) in [6.07, 6.45) is 1.65. The van der Waals surface area contributed by atoms with E-state index in [4.69, 9.17) is 0 Å². The van der Waals surface area contributed by atoms with Crippen LogP contribution in [0.1, 0.15) is 4.88 Å². The Morgan fingerprint density at radius 3 is 2.69 bits per heavy atom. The van der Waals surface area contributed by atoms with Crippen molar-refractivity contribution in [1.82, 2.24) is 4.98 Å². The zero-order chi connectivity index (χ0) is 9.26. The van der Waals surface area contributed by atoms with E-state index in [9.17, 15) is 4.39 Å². The summed E-state index contributed by atoms with van der Waals surface area (Å²) in [4.78, 5) is 4.91. The second kappa shape index (κ2) is 3.26. The normalized spacial score (nSPS) is 10.3. The lowest BCUT2D eigenvalue weighted by Gasteiger charge is -1.96. The van der Waals surface area contributed by atoms with Gasteiger partial charge in [-0.05, 0) is 19.1 Å². The monoisotopic (exact) mass is 192 g/mol. The lowest BCUT2D eigenvalue weighted by Crippen LogP contribution is -1.80. The van der Waals surface area contributed by atoms with Gasteiger partial charge in [-0.3, -0.25) is 0 Å². The number of benzene rings is 1. The van der Waals surface area contributed by atoms with Crippen LogP contribution in [0.5, 0.6) is 0 Å². The van der Waals surface area contributed by atoms with Crippen molar-refractivity contribution >= 4 is 11.3 Å². The highest BCUT2D eigenvalue weighted by Crippen LogP contribution is 2.26. The van der Waals surface area contributed by atoms with Gasteiger partial charge < -0.3 is 0 Å². The van der Waals surface area contributed by atoms with Crippen molar-refractivity contribution < 1.29 is 4.39 Å². The van der Waals surface area contributed by atoms with E-state index in [1.165, 1.54) is 17.4 Å². The molecule has 1 aromatic carbocycles. The summed E-state index contributed by atoms with van der Waals surface area (Å²) in [7, 11) is 0. The first-order valence-electron chi connectivity index (χ1n) is 3.80. The summed E-state index contributed by atoms with van der Waals surface area (Å²) in [5.41, 5.74) is 0.544. The Morgan fingerprint density at radius 1 is 1.31 bits per heavy atom. The minimum atomic E-state index is -0.239. The van der Waals surface area contributed by atoms with E-state index in [0.717, 1.165) is 4.88 Å². The second-order valence-corrected chi connectivity index (χ2v) is 3.73. The average molecular weight is 192 g/mol. The van der Waals surface area contributed by atoms with Gasteiger partial charge in [0.05, 0.1) is 0 Å². The standard InChI is InChI=1S/C10H7FNS/c1-7-6-12-10(13-7)8-4-2-3-5-9(8)11/h2-6H,1H2. The van der Waals surface area contributed by atoms with Crippen molar-refractivity contribution in [3.05, 3.63) is 48.1 Å². The van der Waals surface area contributed by atoms with Crippen LogP contribution in [0.15, 0.2) is 30.5 Å². The highest BCUT2D eigenvalue weighted by atomic mass is 32.1. The smallest absolute Gasteiger partial charge is 0.133 e. The summed E-state index contributed by atoms with van der Waals surface area (Å²) in [6.45, 7) is 3.73. The molecule has 1 nitrogen and oxygen atoms in total. The largest absolute Gasteiger partial charge is 0.244 e. The molecule has 1 aromatic heterocycles. The molecule has 0 amide bonds. The van der Waals surface area contributed by atoms with Crippen LogP contribution in [0.2, 0.25) is 0 Å². The van der Waals surface area contributed by atoms with Gasteiger partial charge in [0.15, 0.2) is 0 Å². The molecule has 0 aliphatic heterocycles. The van der Waals surface area contributed by atoms with Crippen LogP contribution < -0.4 is 0 Å². The molecule has 65 valence electrons. The molecule has 1 heterocycles. The zero-order valence-corrected chi connectivity index (χ0v) is 7.64. The fourth-order valence-corrected chi connectivity index (χ4v) is 1.80. The third-order valence-electron chi connectivity index (χ3n) is 1.66. The molecule has 2 aromatic rings. The van der Waals surface area contributed by atoms with Crippen molar-refractivity contribution in [2.75, 3.05) is 0 Å². The summed E-state index contributed by atoms with van der Waals surface area (Å²) in [6, 6.07) is 6.60. The number of hydrogen-bond acceptors (Lipinski definition) is 2. The third-order valence-corrected chi connectivity index (χ3v) is 2.54. The Bertz CT molecular complexity index is 422. The van der Waals surface area contributed by atoms with Crippen molar-refractivity contribution in [3.8, 4) is 10.6 Å². The molecule has 0 saturated heterocycles. The highest BCUT2D eigenvalue weighted by molar-refractivity contribution is 7.15. The van der Waals surface area contributed by atoms with E-state index in [1.807, 2.05) is 0 Å². The molecule has 0 aliphatic carbocycles. The van der Waals surface area contributed by atoms with Gasteiger partial charge in [-0.15, -0.1) is 11.3 Å². The maximum absolute atomic E-state index is 13.2. The van der Waals surface area contributed by atoms with Crippen LogP contribution in [0.25, 0.3) is 10.6 Å². The second-order valence-electron chi connectivity index (χ2n) is 2.61. The van der Waals surface area contributed by atoms with Crippen LogP contribution in [0.3, 0.4) is 0 Å². The topological polar surface area (TPSA) is 12.9 Å². The van der Waals surface area contributed by atoms with Gasteiger partial charge in [0.1, 0.15) is 10.8 Å². The lowest BCUT2D eigenvalue weighted by atomic mass is 10.2. The minimum Gasteiger partial charge on any atom is -0.244 e. The Hall–Kier alpha value is -1.22. The van der Waals surface area contributed by atoms with E-state index in [2.05, 4.69) is 11.9 Å². The first-order valence-corrected chi connectivity index (χ1v) is 4.62. The molecule has 0 atom stereocenters. The van der Waals surface area contributed by atoms with Crippen LogP contribution in [-0.4, -0.2) is 4.98 Å². The first kappa shape index (κ1) is 8.38. The molecular weight excluding hydrogens is 185 g/mol. The molecular formula is C10H7FNS. The van der Waals surface area contributed by atoms with Gasteiger partial charge in [-0.25, -0.2) is 9.37 Å². The van der Waals surface area contributed by atoms with E-state index >= 15 is 0 Å². The van der Waals surface area contributed by atoms with Gasteiger partial charge in [0.2, 0.25) is 0 Å². The van der Waals surface area contributed by atoms with Crippen LogP contribution in [-0.2, 0) is 0 Å². The van der Waals surface area contributed by atoms with Crippen molar-refractivity contribution in [2.45, 2.75) is 0 Å². The molecule has 3 heteroatoms. The number of thiazole rings is 1. The third kappa shape index (κ3) is 1.60. The quantitative estimate of drug-likeness (QED) is 0.676. The van der Waals surface area contributed by atoms with E-state index < -0.39 is 0 Å². The minimum absolute atomic E-state index is 0.239. The summed E-state index contributed by atoms with van der Waals surface area (Å²) in [5, 5.41) is 0.683.